The highest BCUT2D eigenvalue weighted by Gasteiger charge is 2.04. The van der Waals surface area contributed by atoms with Crippen LogP contribution in [0.3, 0.4) is 0 Å². The van der Waals surface area contributed by atoms with Crippen LogP contribution in [0, 0.1) is 5.82 Å². The van der Waals surface area contributed by atoms with Crippen LogP contribution in [0.15, 0.2) is 30.6 Å². The van der Waals surface area contributed by atoms with E-state index in [0.717, 1.165) is 5.56 Å². The maximum Gasteiger partial charge on any atom is 0.125 e. The molecule has 1 aromatic heterocycles. The fraction of sp³-hybridized carbons (Fsp3) is 0.182. The number of hydrogen-bond acceptors (Lipinski definition) is 2. The molecular formula is C11H11ClFN3. The van der Waals surface area contributed by atoms with Gasteiger partial charge in [0.25, 0.3) is 0 Å². The van der Waals surface area contributed by atoms with Gasteiger partial charge in [0.2, 0.25) is 0 Å². The minimum absolute atomic E-state index is 0.299. The zero-order valence-electron chi connectivity index (χ0n) is 8.53. The van der Waals surface area contributed by atoms with Crippen molar-refractivity contribution in [1.82, 2.24) is 9.78 Å². The fourth-order valence-electron chi connectivity index (χ4n) is 1.52. The van der Waals surface area contributed by atoms with Gasteiger partial charge in [-0.1, -0.05) is 11.6 Å². The summed E-state index contributed by atoms with van der Waals surface area (Å²) in [4.78, 5) is 0. The first-order valence-corrected chi connectivity index (χ1v) is 5.27. The minimum Gasteiger partial charge on any atom is -0.330 e. The fourth-order valence-corrected chi connectivity index (χ4v) is 1.65. The largest absolute Gasteiger partial charge is 0.330 e. The van der Waals surface area contributed by atoms with Crippen molar-refractivity contribution in [1.29, 1.82) is 0 Å². The molecule has 1 aromatic carbocycles. The van der Waals surface area contributed by atoms with Crippen LogP contribution in [0.5, 0.6) is 0 Å². The van der Waals surface area contributed by atoms with Crippen molar-refractivity contribution in [2.45, 2.75) is 6.42 Å². The van der Waals surface area contributed by atoms with Gasteiger partial charge in [0.05, 0.1) is 16.9 Å². The van der Waals surface area contributed by atoms with E-state index in [2.05, 4.69) is 5.10 Å². The van der Waals surface area contributed by atoms with Crippen LogP contribution >= 0.6 is 11.6 Å². The van der Waals surface area contributed by atoms with E-state index in [1.807, 2.05) is 6.07 Å². The van der Waals surface area contributed by atoms with Crippen LogP contribution in [0.25, 0.3) is 5.69 Å². The van der Waals surface area contributed by atoms with Gasteiger partial charge in [0.15, 0.2) is 0 Å². The third kappa shape index (κ3) is 2.40. The van der Waals surface area contributed by atoms with Gasteiger partial charge in [-0.25, -0.2) is 9.07 Å². The molecule has 0 unspecified atom stereocenters. The summed E-state index contributed by atoms with van der Waals surface area (Å²) < 4.78 is 14.9. The topological polar surface area (TPSA) is 43.8 Å². The first-order valence-electron chi connectivity index (χ1n) is 4.89. The molecule has 0 bridgehead atoms. The van der Waals surface area contributed by atoms with E-state index in [1.165, 1.54) is 23.0 Å². The second kappa shape index (κ2) is 4.63. The monoisotopic (exact) mass is 239 g/mol. The Hall–Kier alpha value is -1.39. The summed E-state index contributed by atoms with van der Waals surface area (Å²) in [5, 5.41) is 4.53. The summed E-state index contributed by atoms with van der Waals surface area (Å²) in [6, 6.07) is 4.73. The number of benzene rings is 1. The molecule has 0 saturated carbocycles. The second-order valence-electron chi connectivity index (χ2n) is 3.46. The van der Waals surface area contributed by atoms with E-state index in [-0.39, 0.29) is 5.82 Å². The van der Waals surface area contributed by atoms with E-state index in [9.17, 15) is 4.39 Å². The highest BCUT2D eigenvalue weighted by molar-refractivity contribution is 6.30. The molecule has 2 aromatic rings. The molecule has 3 nitrogen and oxygen atoms in total. The molecule has 0 radical (unpaired) electrons. The van der Waals surface area contributed by atoms with E-state index >= 15 is 0 Å². The average Bonchev–Trinajstić information content (AvgIpc) is 2.64. The van der Waals surface area contributed by atoms with Crippen LogP contribution in [-0.4, -0.2) is 16.3 Å². The number of halogens is 2. The molecule has 0 aliphatic rings. The SMILES string of the molecule is NCCc1cc(F)cc(-n2cc(Cl)cn2)c1. The first-order chi connectivity index (χ1) is 7.69. The van der Waals surface area contributed by atoms with Crippen LogP contribution in [0.1, 0.15) is 5.56 Å². The van der Waals surface area contributed by atoms with Crippen molar-refractivity contribution >= 4 is 11.6 Å². The second-order valence-corrected chi connectivity index (χ2v) is 3.90. The van der Waals surface area contributed by atoms with Gasteiger partial charge in [-0.3, -0.25) is 0 Å². The maximum absolute atomic E-state index is 13.3. The Kier molecular flexibility index (Phi) is 3.22. The lowest BCUT2D eigenvalue weighted by atomic mass is 10.1. The number of nitrogens with zero attached hydrogens (tertiary/aromatic N) is 2. The standard InChI is InChI=1S/C11H11ClFN3/c12-9-6-15-16(7-9)11-4-8(1-2-14)3-10(13)5-11/h3-7H,1-2,14H2. The van der Waals surface area contributed by atoms with Crippen LogP contribution in [-0.2, 0) is 6.42 Å². The summed E-state index contributed by atoms with van der Waals surface area (Å²) in [7, 11) is 0. The Morgan fingerprint density at radius 2 is 2.19 bits per heavy atom. The number of hydrogen-bond donors (Lipinski definition) is 1. The van der Waals surface area contributed by atoms with Gasteiger partial charge in [-0.2, -0.15) is 5.10 Å². The molecule has 0 atom stereocenters. The Morgan fingerprint density at radius 1 is 1.38 bits per heavy atom. The molecule has 16 heavy (non-hydrogen) atoms. The van der Waals surface area contributed by atoms with Gasteiger partial charge in [-0.05, 0) is 36.7 Å². The predicted octanol–water partition coefficient (Wildman–Crippen LogP) is 2.17. The Bertz CT molecular complexity index is 496. The molecule has 0 amide bonds. The predicted molar refractivity (Wildman–Crippen MR) is 61.3 cm³/mol. The van der Waals surface area contributed by atoms with Gasteiger partial charge in [0, 0.05) is 6.20 Å². The first kappa shape index (κ1) is 11.1. The molecule has 5 heteroatoms. The van der Waals surface area contributed by atoms with Crippen molar-refractivity contribution < 1.29 is 4.39 Å². The Morgan fingerprint density at radius 3 is 2.81 bits per heavy atom. The molecular weight excluding hydrogens is 229 g/mol. The average molecular weight is 240 g/mol. The van der Waals surface area contributed by atoms with Crippen LogP contribution in [0.2, 0.25) is 5.02 Å². The number of aromatic nitrogens is 2. The molecule has 0 spiro atoms. The van der Waals surface area contributed by atoms with Crippen molar-refractivity contribution in [2.75, 3.05) is 6.54 Å². The zero-order valence-corrected chi connectivity index (χ0v) is 9.28. The van der Waals surface area contributed by atoms with E-state index < -0.39 is 0 Å². The van der Waals surface area contributed by atoms with Crippen molar-refractivity contribution in [3.63, 3.8) is 0 Å². The minimum atomic E-state index is -0.299. The van der Waals surface area contributed by atoms with Crippen molar-refractivity contribution in [3.8, 4) is 5.69 Å². The lowest BCUT2D eigenvalue weighted by molar-refractivity contribution is 0.622. The summed E-state index contributed by atoms with van der Waals surface area (Å²) >= 11 is 5.75. The summed E-state index contributed by atoms with van der Waals surface area (Å²) in [6.45, 7) is 0.489. The number of rotatable bonds is 3. The molecule has 2 rings (SSSR count). The molecule has 2 N–H and O–H groups in total. The molecule has 1 heterocycles. The van der Waals surface area contributed by atoms with Crippen molar-refractivity contribution in [3.05, 3.63) is 47.0 Å². The van der Waals surface area contributed by atoms with Crippen LogP contribution < -0.4 is 5.73 Å². The highest BCUT2D eigenvalue weighted by atomic mass is 35.5. The normalized spacial score (nSPS) is 10.7. The quantitative estimate of drug-likeness (QED) is 0.892. The van der Waals surface area contributed by atoms with Gasteiger partial charge in [-0.15, -0.1) is 0 Å². The Labute approximate surface area is 97.6 Å². The van der Waals surface area contributed by atoms with Gasteiger partial charge >= 0.3 is 0 Å². The lowest BCUT2D eigenvalue weighted by Gasteiger charge is -2.05. The summed E-state index contributed by atoms with van der Waals surface area (Å²) in [6.07, 6.45) is 3.78. The van der Waals surface area contributed by atoms with Gasteiger partial charge < -0.3 is 5.73 Å². The highest BCUT2D eigenvalue weighted by Crippen LogP contribution is 2.15. The van der Waals surface area contributed by atoms with Crippen LogP contribution in [0.4, 0.5) is 4.39 Å². The Balaban J connectivity index is 2.40. The van der Waals surface area contributed by atoms with Gasteiger partial charge in [0.1, 0.15) is 5.82 Å². The van der Waals surface area contributed by atoms with E-state index in [0.29, 0.717) is 23.7 Å². The molecule has 0 aliphatic carbocycles. The van der Waals surface area contributed by atoms with Crippen molar-refractivity contribution in [2.24, 2.45) is 5.73 Å². The summed E-state index contributed by atoms with van der Waals surface area (Å²) in [5.74, 6) is -0.299. The maximum atomic E-state index is 13.3. The van der Waals surface area contributed by atoms with E-state index in [4.69, 9.17) is 17.3 Å². The molecule has 0 fully saturated rings. The smallest absolute Gasteiger partial charge is 0.125 e. The zero-order chi connectivity index (χ0) is 11.5. The summed E-state index contributed by atoms with van der Waals surface area (Å²) in [5.41, 5.74) is 6.94. The van der Waals surface area contributed by atoms with E-state index in [1.54, 1.807) is 6.20 Å². The molecule has 0 aliphatic heterocycles. The molecule has 84 valence electrons. The molecule has 0 saturated heterocycles. The third-order valence-corrected chi connectivity index (χ3v) is 2.39. The number of nitrogens with two attached hydrogens (primary N) is 1. The third-order valence-electron chi connectivity index (χ3n) is 2.19. The lowest BCUT2D eigenvalue weighted by Crippen LogP contribution is -2.04.